The van der Waals surface area contributed by atoms with Gasteiger partial charge in [-0.3, -0.25) is 9.89 Å². The Balaban J connectivity index is 1.66. The number of likely N-dealkylation sites (N-methyl/N-ethyl adjacent to an activating group) is 1. The number of nitrogens with zero attached hydrogens (tertiary/aromatic N) is 2. The minimum absolute atomic E-state index is 0.0412. The zero-order valence-corrected chi connectivity index (χ0v) is 11.8. The number of rotatable bonds is 3. The van der Waals surface area contributed by atoms with Crippen molar-refractivity contribution in [1.82, 2.24) is 20.4 Å². The van der Waals surface area contributed by atoms with Gasteiger partial charge in [0.2, 0.25) is 5.91 Å². The summed E-state index contributed by atoms with van der Waals surface area (Å²) in [6.45, 7) is 2.81. The van der Waals surface area contributed by atoms with Crippen LogP contribution < -0.4 is 5.32 Å². The summed E-state index contributed by atoms with van der Waals surface area (Å²) >= 11 is 0. The molecule has 110 valence electrons. The quantitative estimate of drug-likeness (QED) is 0.837. The minimum atomic E-state index is -0.0412. The molecular weight excluding hydrogens is 256 g/mol. The SMILES string of the molecule is CNC1COCC1C(=O)N1CCCC(c2ccn[nH]2)C1. The summed E-state index contributed by atoms with van der Waals surface area (Å²) in [6, 6.07) is 2.16. The first-order valence-electron chi connectivity index (χ1n) is 7.32. The Kier molecular flexibility index (Phi) is 4.03. The summed E-state index contributed by atoms with van der Waals surface area (Å²) in [5.41, 5.74) is 1.13. The summed E-state index contributed by atoms with van der Waals surface area (Å²) < 4.78 is 5.45. The molecule has 2 saturated heterocycles. The van der Waals surface area contributed by atoms with Gasteiger partial charge < -0.3 is 15.0 Å². The van der Waals surface area contributed by atoms with E-state index in [0.717, 1.165) is 31.6 Å². The van der Waals surface area contributed by atoms with E-state index in [1.54, 1.807) is 6.20 Å². The van der Waals surface area contributed by atoms with Crippen LogP contribution in [0.5, 0.6) is 0 Å². The van der Waals surface area contributed by atoms with Gasteiger partial charge in [0, 0.05) is 36.9 Å². The third kappa shape index (κ3) is 2.58. The van der Waals surface area contributed by atoms with E-state index >= 15 is 0 Å². The zero-order valence-electron chi connectivity index (χ0n) is 11.8. The number of nitrogens with one attached hydrogen (secondary N) is 2. The lowest BCUT2D eigenvalue weighted by Crippen LogP contribution is -2.47. The third-order valence-electron chi connectivity index (χ3n) is 4.46. The van der Waals surface area contributed by atoms with Crippen molar-refractivity contribution >= 4 is 5.91 Å². The van der Waals surface area contributed by atoms with Crippen molar-refractivity contribution in [2.75, 3.05) is 33.4 Å². The molecule has 1 aromatic rings. The molecule has 1 amide bonds. The van der Waals surface area contributed by atoms with Crippen LogP contribution in [0.2, 0.25) is 0 Å². The smallest absolute Gasteiger partial charge is 0.229 e. The van der Waals surface area contributed by atoms with Gasteiger partial charge in [-0.25, -0.2) is 0 Å². The van der Waals surface area contributed by atoms with Crippen LogP contribution in [0, 0.1) is 5.92 Å². The molecule has 1 aromatic heterocycles. The van der Waals surface area contributed by atoms with Crippen LogP contribution in [-0.4, -0.2) is 60.4 Å². The lowest BCUT2D eigenvalue weighted by molar-refractivity contribution is -0.137. The van der Waals surface area contributed by atoms with Crippen molar-refractivity contribution in [3.8, 4) is 0 Å². The number of aromatic amines is 1. The Hall–Kier alpha value is -1.40. The molecule has 0 radical (unpaired) electrons. The zero-order chi connectivity index (χ0) is 13.9. The maximum atomic E-state index is 12.7. The van der Waals surface area contributed by atoms with Crippen LogP contribution in [-0.2, 0) is 9.53 Å². The second-order valence-corrected chi connectivity index (χ2v) is 5.67. The molecule has 3 unspecified atom stereocenters. The Labute approximate surface area is 118 Å². The number of likely N-dealkylation sites (tertiary alicyclic amines) is 1. The van der Waals surface area contributed by atoms with Crippen molar-refractivity contribution < 1.29 is 9.53 Å². The van der Waals surface area contributed by atoms with Crippen LogP contribution >= 0.6 is 0 Å². The highest BCUT2D eigenvalue weighted by Crippen LogP contribution is 2.27. The largest absolute Gasteiger partial charge is 0.379 e. The summed E-state index contributed by atoms with van der Waals surface area (Å²) in [4.78, 5) is 14.7. The van der Waals surface area contributed by atoms with Gasteiger partial charge in [-0.1, -0.05) is 0 Å². The fourth-order valence-corrected chi connectivity index (χ4v) is 3.24. The van der Waals surface area contributed by atoms with Crippen molar-refractivity contribution in [3.05, 3.63) is 18.0 Å². The van der Waals surface area contributed by atoms with Crippen molar-refractivity contribution in [2.45, 2.75) is 24.8 Å². The third-order valence-corrected chi connectivity index (χ3v) is 4.46. The normalized spacial score (nSPS) is 30.6. The van der Waals surface area contributed by atoms with Crippen LogP contribution in [0.4, 0.5) is 0 Å². The Bertz CT molecular complexity index is 448. The first-order chi connectivity index (χ1) is 9.79. The number of ether oxygens (including phenoxy) is 1. The number of aromatic nitrogens is 2. The first-order valence-corrected chi connectivity index (χ1v) is 7.32. The average Bonchev–Trinajstić information content (AvgIpc) is 3.17. The van der Waals surface area contributed by atoms with Crippen molar-refractivity contribution in [1.29, 1.82) is 0 Å². The molecule has 2 aliphatic heterocycles. The van der Waals surface area contributed by atoms with E-state index < -0.39 is 0 Å². The molecule has 2 N–H and O–H groups in total. The number of carbonyl (C=O) groups excluding carboxylic acids is 1. The molecule has 2 fully saturated rings. The van der Waals surface area contributed by atoms with E-state index in [0.29, 0.717) is 19.1 Å². The van der Waals surface area contributed by atoms with Crippen LogP contribution in [0.25, 0.3) is 0 Å². The number of amides is 1. The fourth-order valence-electron chi connectivity index (χ4n) is 3.24. The molecule has 0 aliphatic carbocycles. The molecule has 3 rings (SSSR count). The molecule has 0 bridgehead atoms. The molecular formula is C14H22N4O2. The Morgan fingerprint density at radius 3 is 3.20 bits per heavy atom. The number of carbonyl (C=O) groups is 1. The standard InChI is InChI=1S/C14H22N4O2/c1-15-13-9-20-8-11(13)14(19)18-6-2-3-10(7-18)12-4-5-16-17-12/h4-5,10-11,13,15H,2-3,6-9H2,1H3,(H,16,17). The second-order valence-electron chi connectivity index (χ2n) is 5.67. The van der Waals surface area contributed by atoms with E-state index in [4.69, 9.17) is 4.74 Å². The van der Waals surface area contributed by atoms with Gasteiger partial charge in [0.25, 0.3) is 0 Å². The molecule has 0 aromatic carbocycles. The molecule has 6 heteroatoms. The fraction of sp³-hybridized carbons (Fsp3) is 0.714. The average molecular weight is 278 g/mol. The van der Waals surface area contributed by atoms with Crippen LogP contribution in [0.3, 0.4) is 0 Å². The molecule has 20 heavy (non-hydrogen) atoms. The number of piperidine rings is 1. The highest BCUT2D eigenvalue weighted by molar-refractivity contribution is 5.80. The topological polar surface area (TPSA) is 70.2 Å². The van der Waals surface area contributed by atoms with E-state index in [1.165, 1.54) is 0 Å². The van der Waals surface area contributed by atoms with E-state index in [1.807, 2.05) is 18.0 Å². The van der Waals surface area contributed by atoms with Crippen molar-refractivity contribution in [3.63, 3.8) is 0 Å². The van der Waals surface area contributed by atoms with Gasteiger partial charge >= 0.3 is 0 Å². The monoisotopic (exact) mass is 278 g/mol. The summed E-state index contributed by atoms with van der Waals surface area (Å²) in [5.74, 6) is 0.567. The van der Waals surface area contributed by atoms with Crippen molar-refractivity contribution in [2.24, 2.45) is 5.92 Å². The summed E-state index contributed by atoms with van der Waals surface area (Å²) in [5, 5.41) is 10.2. The molecule has 0 spiro atoms. The van der Waals surface area contributed by atoms with Gasteiger partial charge in [0.15, 0.2) is 0 Å². The number of H-pyrrole nitrogens is 1. The minimum Gasteiger partial charge on any atom is -0.379 e. The number of hydrogen-bond donors (Lipinski definition) is 2. The van der Waals surface area contributed by atoms with Gasteiger partial charge in [0.1, 0.15) is 0 Å². The predicted molar refractivity (Wildman–Crippen MR) is 74.3 cm³/mol. The molecule has 6 nitrogen and oxygen atoms in total. The van der Waals surface area contributed by atoms with E-state index in [2.05, 4.69) is 15.5 Å². The molecule has 3 atom stereocenters. The summed E-state index contributed by atoms with van der Waals surface area (Å²) in [7, 11) is 1.89. The van der Waals surface area contributed by atoms with Crippen LogP contribution in [0.15, 0.2) is 12.3 Å². The predicted octanol–water partition coefficient (Wildman–Crippen LogP) is 0.350. The Morgan fingerprint density at radius 2 is 2.45 bits per heavy atom. The first kappa shape index (κ1) is 13.6. The maximum absolute atomic E-state index is 12.7. The lowest BCUT2D eigenvalue weighted by Gasteiger charge is -2.34. The van der Waals surface area contributed by atoms with Crippen LogP contribution in [0.1, 0.15) is 24.5 Å². The van der Waals surface area contributed by atoms with Gasteiger partial charge in [0.05, 0.1) is 19.1 Å². The lowest BCUT2D eigenvalue weighted by atomic mass is 9.93. The van der Waals surface area contributed by atoms with Gasteiger partial charge in [-0.05, 0) is 26.0 Å². The van der Waals surface area contributed by atoms with Gasteiger partial charge in [-0.15, -0.1) is 0 Å². The number of hydrogen-bond acceptors (Lipinski definition) is 4. The van der Waals surface area contributed by atoms with E-state index in [-0.39, 0.29) is 17.9 Å². The molecule has 3 heterocycles. The molecule has 2 aliphatic rings. The van der Waals surface area contributed by atoms with E-state index in [9.17, 15) is 4.79 Å². The Morgan fingerprint density at radius 1 is 1.55 bits per heavy atom. The highest BCUT2D eigenvalue weighted by atomic mass is 16.5. The molecule has 0 saturated carbocycles. The maximum Gasteiger partial charge on any atom is 0.229 e. The van der Waals surface area contributed by atoms with Gasteiger partial charge in [-0.2, -0.15) is 5.10 Å². The summed E-state index contributed by atoms with van der Waals surface area (Å²) in [6.07, 6.45) is 3.94. The second kappa shape index (κ2) is 5.93. The highest BCUT2D eigenvalue weighted by Gasteiger charge is 2.37.